The van der Waals surface area contributed by atoms with Crippen molar-refractivity contribution in [2.45, 2.75) is 39.8 Å². The van der Waals surface area contributed by atoms with Gasteiger partial charge in [-0.3, -0.25) is 4.90 Å². The van der Waals surface area contributed by atoms with Gasteiger partial charge in [-0.1, -0.05) is 23.7 Å². The molecule has 1 aliphatic carbocycles. The van der Waals surface area contributed by atoms with Crippen LogP contribution in [0.25, 0.3) is 0 Å². The van der Waals surface area contributed by atoms with Crippen molar-refractivity contribution in [1.82, 2.24) is 19.9 Å². The summed E-state index contributed by atoms with van der Waals surface area (Å²) in [6, 6.07) is 0. The molecule has 0 saturated carbocycles. The molecule has 3 rings (SSSR count). The minimum atomic E-state index is 0.406. The van der Waals surface area contributed by atoms with Gasteiger partial charge >= 0.3 is 0 Å². The highest BCUT2D eigenvalue weighted by molar-refractivity contribution is 5.09. The predicted octanol–water partition coefficient (Wildman–Crippen LogP) is 2.33. The maximum atomic E-state index is 5.29. The number of rotatable bonds is 6. The molecule has 24 heavy (non-hydrogen) atoms. The minimum absolute atomic E-state index is 0.406. The molecule has 6 heteroatoms. The van der Waals surface area contributed by atoms with Crippen molar-refractivity contribution in [3.05, 3.63) is 23.4 Å². The summed E-state index contributed by atoms with van der Waals surface area (Å²) in [4.78, 5) is 9.37. The van der Waals surface area contributed by atoms with Gasteiger partial charge < -0.3 is 14.2 Å². The van der Waals surface area contributed by atoms with Gasteiger partial charge in [-0.2, -0.15) is 4.98 Å². The highest BCUT2D eigenvalue weighted by atomic mass is 16.5. The quantitative estimate of drug-likeness (QED) is 0.744. The fourth-order valence-electron chi connectivity index (χ4n) is 3.84. The molecule has 1 fully saturated rings. The third-order valence-corrected chi connectivity index (χ3v) is 5.42. The van der Waals surface area contributed by atoms with Crippen molar-refractivity contribution < 1.29 is 9.26 Å². The second-order valence-corrected chi connectivity index (χ2v) is 7.22. The van der Waals surface area contributed by atoms with Crippen LogP contribution in [0.3, 0.4) is 0 Å². The molecule has 1 aromatic heterocycles. The van der Waals surface area contributed by atoms with Crippen LogP contribution in [-0.2, 0) is 17.9 Å². The van der Waals surface area contributed by atoms with Gasteiger partial charge in [0.05, 0.1) is 6.54 Å². The van der Waals surface area contributed by atoms with Gasteiger partial charge in [0, 0.05) is 39.8 Å². The number of hydrogen-bond donors (Lipinski definition) is 0. The van der Waals surface area contributed by atoms with E-state index in [4.69, 9.17) is 9.26 Å². The van der Waals surface area contributed by atoms with Crippen molar-refractivity contribution in [2.24, 2.45) is 11.8 Å². The van der Waals surface area contributed by atoms with E-state index < -0.39 is 0 Å². The molecule has 0 amide bonds. The molecule has 0 N–H and O–H groups in total. The Morgan fingerprint density at radius 2 is 2.00 bits per heavy atom. The maximum absolute atomic E-state index is 5.29. The number of allylic oxidation sites excluding steroid dienone is 1. The summed E-state index contributed by atoms with van der Waals surface area (Å²) in [5, 5.41) is 3.93. The Balaban J connectivity index is 1.45. The first-order valence-corrected chi connectivity index (χ1v) is 9.07. The van der Waals surface area contributed by atoms with Gasteiger partial charge in [0.2, 0.25) is 5.89 Å². The Hall–Kier alpha value is -1.24. The Bertz CT molecular complexity index is 549. The highest BCUT2D eigenvalue weighted by Gasteiger charge is 2.26. The summed E-state index contributed by atoms with van der Waals surface area (Å²) in [6.07, 6.45) is 5.03. The first-order chi connectivity index (χ1) is 11.7. The van der Waals surface area contributed by atoms with E-state index in [-0.39, 0.29) is 0 Å². The third-order valence-electron chi connectivity index (χ3n) is 5.42. The number of ether oxygens (including phenoxy) is 1. The molecule has 0 unspecified atom stereocenters. The summed E-state index contributed by atoms with van der Waals surface area (Å²) in [6.45, 7) is 11.4. The lowest BCUT2D eigenvalue weighted by Crippen LogP contribution is -2.48. The van der Waals surface area contributed by atoms with Gasteiger partial charge in [0.15, 0.2) is 5.82 Å². The summed E-state index contributed by atoms with van der Waals surface area (Å²) in [7, 11) is 1.64. The van der Waals surface area contributed by atoms with Crippen LogP contribution in [-0.4, -0.2) is 59.8 Å². The van der Waals surface area contributed by atoms with Crippen molar-refractivity contribution in [3.63, 3.8) is 0 Å². The van der Waals surface area contributed by atoms with E-state index in [1.165, 1.54) is 19.4 Å². The second kappa shape index (κ2) is 8.23. The highest BCUT2D eigenvalue weighted by Crippen LogP contribution is 2.30. The first kappa shape index (κ1) is 17.6. The summed E-state index contributed by atoms with van der Waals surface area (Å²) >= 11 is 0. The topological polar surface area (TPSA) is 54.6 Å². The Kier molecular flexibility index (Phi) is 6.03. The molecule has 0 spiro atoms. The molecule has 0 aromatic carbocycles. The molecule has 2 aliphatic rings. The number of methoxy groups -OCH3 is 1. The van der Waals surface area contributed by atoms with Crippen LogP contribution in [0.4, 0.5) is 0 Å². The van der Waals surface area contributed by atoms with Crippen LogP contribution in [0.2, 0.25) is 0 Å². The van der Waals surface area contributed by atoms with E-state index in [1.54, 1.807) is 12.7 Å². The Morgan fingerprint density at radius 3 is 2.71 bits per heavy atom. The summed E-state index contributed by atoms with van der Waals surface area (Å²) in [5.74, 6) is 2.86. The van der Waals surface area contributed by atoms with Crippen LogP contribution in [0.15, 0.2) is 16.2 Å². The van der Waals surface area contributed by atoms with Gasteiger partial charge in [-0.05, 0) is 31.6 Å². The summed E-state index contributed by atoms with van der Waals surface area (Å²) < 4.78 is 10.3. The van der Waals surface area contributed by atoms with E-state index in [1.807, 2.05) is 0 Å². The standard InChI is InChI=1S/C18H30N4O2/c1-14-5-4-6-15(2)16(14)11-21-7-9-22(10-8-21)12-18-19-17(13-23-3)20-24-18/h5,15-16H,4,6-13H2,1-3H3/t15-,16+/m1/s1. The van der Waals surface area contributed by atoms with Crippen molar-refractivity contribution in [3.8, 4) is 0 Å². The lowest BCUT2D eigenvalue weighted by molar-refractivity contribution is 0.0994. The fourth-order valence-corrected chi connectivity index (χ4v) is 3.84. The maximum Gasteiger partial charge on any atom is 0.240 e. The number of piperazine rings is 1. The fraction of sp³-hybridized carbons (Fsp3) is 0.778. The summed E-state index contributed by atoms with van der Waals surface area (Å²) in [5.41, 5.74) is 1.59. The molecule has 2 atom stereocenters. The number of nitrogens with zero attached hydrogens (tertiary/aromatic N) is 4. The van der Waals surface area contributed by atoms with E-state index in [9.17, 15) is 0 Å². The van der Waals surface area contributed by atoms with Crippen LogP contribution < -0.4 is 0 Å². The van der Waals surface area contributed by atoms with Crippen LogP contribution in [0.5, 0.6) is 0 Å². The molecule has 1 saturated heterocycles. The molecule has 6 nitrogen and oxygen atoms in total. The zero-order chi connectivity index (χ0) is 16.9. The monoisotopic (exact) mass is 334 g/mol. The van der Waals surface area contributed by atoms with Gasteiger partial charge in [-0.15, -0.1) is 0 Å². The Labute approximate surface area is 144 Å². The SMILES string of the molecule is COCc1noc(CN2CCN(C[C@H]3C(C)=CCC[C@H]3C)CC2)n1. The molecular weight excluding hydrogens is 304 g/mol. The van der Waals surface area contributed by atoms with Crippen LogP contribution in [0, 0.1) is 11.8 Å². The molecule has 0 bridgehead atoms. The molecule has 0 radical (unpaired) electrons. The molecule has 2 heterocycles. The van der Waals surface area contributed by atoms with Crippen molar-refractivity contribution >= 4 is 0 Å². The third kappa shape index (κ3) is 4.43. The Morgan fingerprint density at radius 1 is 1.25 bits per heavy atom. The average molecular weight is 334 g/mol. The molecule has 1 aliphatic heterocycles. The smallest absolute Gasteiger partial charge is 0.240 e. The van der Waals surface area contributed by atoms with Crippen LogP contribution >= 0.6 is 0 Å². The van der Waals surface area contributed by atoms with Gasteiger partial charge in [0.1, 0.15) is 6.61 Å². The predicted molar refractivity (Wildman–Crippen MR) is 92.4 cm³/mol. The molecule has 134 valence electrons. The molecule has 1 aromatic rings. The number of hydrogen-bond acceptors (Lipinski definition) is 6. The van der Waals surface area contributed by atoms with Gasteiger partial charge in [0.25, 0.3) is 0 Å². The largest absolute Gasteiger partial charge is 0.377 e. The number of aromatic nitrogens is 2. The first-order valence-electron chi connectivity index (χ1n) is 9.07. The normalized spacial score (nSPS) is 26.5. The van der Waals surface area contributed by atoms with Crippen molar-refractivity contribution in [1.29, 1.82) is 0 Å². The minimum Gasteiger partial charge on any atom is -0.377 e. The van der Waals surface area contributed by atoms with Crippen LogP contribution in [0.1, 0.15) is 38.4 Å². The van der Waals surface area contributed by atoms with E-state index >= 15 is 0 Å². The second-order valence-electron chi connectivity index (χ2n) is 7.22. The van der Waals surface area contributed by atoms with E-state index in [2.05, 4.69) is 39.9 Å². The lowest BCUT2D eigenvalue weighted by Gasteiger charge is -2.38. The average Bonchev–Trinajstić information content (AvgIpc) is 3.00. The zero-order valence-corrected chi connectivity index (χ0v) is 15.2. The lowest BCUT2D eigenvalue weighted by atomic mass is 9.80. The van der Waals surface area contributed by atoms with Gasteiger partial charge in [-0.25, -0.2) is 0 Å². The van der Waals surface area contributed by atoms with Crippen molar-refractivity contribution in [2.75, 3.05) is 39.8 Å². The molecular formula is C18H30N4O2. The van der Waals surface area contributed by atoms with E-state index in [0.717, 1.165) is 44.6 Å². The zero-order valence-electron chi connectivity index (χ0n) is 15.2. The van der Waals surface area contributed by atoms with E-state index in [0.29, 0.717) is 18.3 Å².